The van der Waals surface area contributed by atoms with Gasteiger partial charge in [-0.05, 0) is 35.5 Å². The van der Waals surface area contributed by atoms with Gasteiger partial charge in [0, 0.05) is 23.3 Å². The third-order valence-corrected chi connectivity index (χ3v) is 5.49. The highest BCUT2D eigenvalue weighted by molar-refractivity contribution is 6.02. The van der Waals surface area contributed by atoms with Gasteiger partial charge in [-0.3, -0.25) is 0 Å². The van der Waals surface area contributed by atoms with Crippen LogP contribution in [-0.2, 0) is 9.47 Å². The van der Waals surface area contributed by atoms with E-state index >= 15 is 0 Å². The fraction of sp³-hybridized carbons (Fsp3) is 0.148. The van der Waals surface area contributed by atoms with Gasteiger partial charge in [0.05, 0.1) is 0 Å². The average molecular weight is 394 g/mol. The molecule has 0 bridgehead atoms. The maximum atomic E-state index is 6.31. The molecule has 0 atom stereocenters. The van der Waals surface area contributed by atoms with Crippen LogP contribution in [0.2, 0.25) is 0 Å². The van der Waals surface area contributed by atoms with Gasteiger partial charge >= 0.3 is 0 Å². The van der Waals surface area contributed by atoms with Gasteiger partial charge in [-0.15, -0.1) is 0 Å². The highest BCUT2D eigenvalue weighted by Crippen LogP contribution is 2.33. The van der Waals surface area contributed by atoms with Crippen molar-refractivity contribution in [1.82, 2.24) is 0 Å². The van der Waals surface area contributed by atoms with Crippen molar-refractivity contribution in [1.29, 1.82) is 0 Å². The lowest BCUT2D eigenvalue weighted by Gasteiger charge is -2.20. The van der Waals surface area contributed by atoms with Crippen LogP contribution in [0.4, 0.5) is 0 Å². The van der Waals surface area contributed by atoms with Crippen LogP contribution in [-0.4, -0.2) is 36.6 Å². The number of rotatable bonds is 2. The molecular weight excluding hydrogens is 370 g/mol. The summed E-state index contributed by atoms with van der Waals surface area (Å²) in [5.74, 6) is 1.73. The summed E-state index contributed by atoms with van der Waals surface area (Å²) in [6.07, 6.45) is 13.1. The Morgan fingerprint density at radius 3 is 1.67 bits per heavy atom. The first-order chi connectivity index (χ1) is 14.9. The van der Waals surface area contributed by atoms with Gasteiger partial charge in [0.1, 0.15) is 24.7 Å². The molecule has 0 saturated carbocycles. The van der Waals surface area contributed by atoms with Crippen molar-refractivity contribution in [2.24, 2.45) is 0 Å². The Balaban J connectivity index is 1.54. The summed E-state index contributed by atoms with van der Waals surface area (Å²) in [6.45, 7) is 3.48. The van der Waals surface area contributed by atoms with Crippen LogP contribution >= 0.6 is 0 Å². The van der Waals surface area contributed by atoms with Crippen molar-refractivity contribution < 1.29 is 14.0 Å². The Bertz CT molecular complexity index is 1030. The fourth-order valence-corrected chi connectivity index (χ4v) is 3.84. The van der Waals surface area contributed by atoms with Gasteiger partial charge in [-0.25, -0.2) is 4.58 Å². The van der Waals surface area contributed by atoms with Crippen LogP contribution in [0.5, 0.6) is 0 Å². The minimum absolute atomic E-state index is 0.794. The Labute approximate surface area is 177 Å². The number of ether oxygens (including phenoxy) is 2. The van der Waals surface area contributed by atoms with Gasteiger partial charge in [-0.1, -0.05) is 60.7 Å². The molecule has 1 saturated heterocycles. The lowest BCUT2D eigenvalue weighted by molar-refractivity contribution is -0.547. The fourth-order valence-electron chi connectivity index (χ4n) is 3.84. The number of benzene rings is 2. The van der Waals surface area contributed by atoms with Crippen molar-refractivity contribution in [2.45, 2.75) is 0 Å². The Kier molecular flexibility index (Phi) is 5.28. The molecule has 3 aliphatic rings. The van der Waals surface area contributed by atoms with Crippen molar-refractivity contribution in [3.8, 4) is 0 Å². The summed E-state index contributed by atoms with van der Waals surface area (Å²) in [6, 6.07) is 20.5. The smallest absolute Gasteiger partial charge is 0.200 e. The molecule has 0 unspecified atom stereocenters. The van der Waals surface area contributed by atoms with Crippen molar-refractivity contribution in [3.05, 3.63) is 119 Å². The highest BCUT2D eigenvalue weighted by atomic mass is 16.5. The molecule has 2 aliphatic heterocycles. The molecular formula is C27H24NO2+. The van der Waals surface area contributed by atoms with E-state index in [1.54, 1.807) is 0 Å². The molecule has 2 aromatic rings. The number of hydrogen-bond acceptors (Lipinski definition) is 2. The SMILES string of the molecule is C1=CC(=[N+]2CCOCC2)C=CC1=C1C=C(c2ccccc2)OC(c2ccccc2)=C1. The zero-order valence-corrected chi connectivity index (χ0v) is 16.8. The molecule has 2 heterocycles. The maximum absolute atomic E-state index is 6.31. The Morgan fingerprint density at radius 1 is 0.600 bits per heavy atom. The molecule has 0 radical (unpaired) electrons. The molecule has 2 aromatic carbocycles. The number of morpholine rings is 1. The van der Waals surface area contributed by atoms with E-state index in [0.29, 0.717) is 0 Å². The minimum atomic E-state index is 0.794. The van der Waals surface area contributed by atoms with E-state index < -0.39 is 0 Å². The van der Waals surface area contributed by atoms with E-state index in [2.05, 4.69) is 65.3 Å². The van der Waals surface area contributed by atoms with Crippen LogP contribution < -0.4 is 0 Å². The summed E-state index contributed by atoms with van der Waals surface area (Å²) in [4.78, 5) is 0. The second-order valence-corrected chi connectivity index (χ2v) is 7.45. The van der Waals surface area contributed by atoms with E-state index in [1.807, 2.05) is 36.4 Å². The van der Waals surface area contributed by atoms with E-state index in [4.69, 9.17) is 9.47 Å². The second kappa shape index (κ2) is 8.52. The van der Waals surface area contributed by atoms with Crippen LogP contribution in [0.25, 0.3) is 11.5 Å². The molecule has 0 spiro atoms. The lowest BCUT2D eigenvalue weighted by Crippen LogP contribution is -2.32. The lowest BCUT2D eigenvalue weighted by atomic mass is 9.97. The van der Waals surface area contributed by atoms with E-state index in [-0.39, 0.29) is 0 Å². The number of hydrogen-bond donors (Lipinski definition) is 0. The largest absolute Gasteiger partial charge is 0.456 e. The van der Waals surface area contributed by atoms with E-state index in [1.165, 1.54) is 11.3 Å². The van der Waals surface area contributed by atoms with Gasteiger partial charge in [0.2, 0.25) is 0 Å². The first kappa shape index (κ1) is 18.6. The third kappa shape index (κ3) is 3.98. The quantitative estimate of drug-likeness (QED) is 0.668. The molecule has 1 fully saturated rings. The van der Waals surface area contributed by atoms with Crippen LogP contribution in [0, 0.1) is 0 Å². The second-order valence-electron chi connectivity index (χ2n) is 7.45. The molecule has 3 heteroatoms. The highest BCUT2D eigenvalue weighted by Gasteiger charge is 2.19. The normalized spacial score (nSPS) is 18.8. The number of nitrogens with zero attached hydrogens (tertiary/aromatic N) is 1. The van der Waals surface area contributed by atoms with Gasteiger partial charge in [0.15, 0.2) is 18.8 Å². The van der Waals surface area contributed by atoms with Crippen molar-refractivity contribution in [2.75, 3.05) is 26.3 Å². The molecule has 0 aromatic heterocycles. The first-order valence-corrected chi connectivity index (χ1v) is 10.4. The van der Waals surface area contributed by atoms with Crippen LogP contribution in [0.3, 0.4) is 0 Å². The summed E-state index contributed by atoms with van der Waals surface area (Å²) in [5, 5.41) is 0. The summed E-state index contributed by atoms with van der Waals surface area (Å²) < 4.78 is 14.2. The molecule has 0 N–H and O–H groups in total. The van der Waals surface area contributed by atoms with Crippen LogP contribution in [0.15, 0.2) is 108 Å². The minimum Gasteiger partial charge on any atom is -0.456 e. The predicted octanol–water partition coefficient (Wildman–Crippen LogP) is 5.01. The summed E-state index contributed by atoms with van der Waals surface area (Å²) in [5.41, 5.74) is 5.71. The zero-order valence-electron chi connectivity index (χ0n) is 16.8. The van der Waals surface area contributed by atoms with Crippen LogP contribution in [0.1, 0.15) is 11.1 Å². The maximum Gasteiger partial charge on any atom is 0.200 e. The standard InChI is InChI=1S/C27H24NO2/c1-3-7-22(8-4-1)26-19-24(20-27(30-26)23-9-5-2-6-10-23)21-11-13-25(14-12-21)28-15-17-29-18-16-28/h1-14,19-20H,15-18H2/q+1. The molecule has 3 nitrogen and oxygen atoms in total. The van der Waals surface area contributed by atoms with Gasteiger partial charge in [0.25, 0.3) is 0 Å². The van der Waals surface area contributed by atoms with Gasteiger partial charge < -0.3 is 9.47 Å². The molecule has 5 rings (SSSR count). The summed E-state index contributed by atoms with van der Waals surface area (Å²) in [7, 11) is 0. The number of allylic oxidation sites excluding steroid dienone is 8. The third-order valence-electron chi connectivity index (χ3n) is 5.49. The van der Waals surface area contributed by atoms with Crippen molar-refractivity contribution in [3.63, 3.8) is 0 Å². The average Bonchev–Trinajstić information content (AvgIpc) is 2.85. The molecule has 30 heavy (non-hydrogen) atoms. The molecule has 1 aliphatic carbocycles. The van der Waals surface area contributed by atoms with Crippen molar-refractivity contribution >= 4 is 17.2 Å². The molecule has 0 amide bonds. The van der Waals surface area contributed by atoms with E-state index in [9.17, 15) is 0 Å². The van der Waals surface area contributed by atoms with Gasteiger partial charge in [-0.2, -0.15) is 0 Å². The monoisotopic (exact) mass is 394 g/mol. The topological polar surface area (TPSA) is 21.5 Å². The molecule has 148 valence electrons. The van der Waals surface area contributed by atoms with E-state index in [0.717, 1.165) is 54.5 Å². The Morgan fingerprint density at radius 2 is 1.13 bits per heavy atom. The summed E-state index contributed by atoms with van der Waals surface area (Å²) >= 11 is 0. The zero-order chi connectivity index (χ0) is 20.2. The predicted molar refractivity (Wildman–Crippen MR) is 121 cm³/mol. The first-order valence-electron chi connectivity index (χ1n) is 10.4. The Hall–Kier alpha value is -3.43.